The van der Waals surface area contributed by atoms with Gasteiger partial charge in [0.05, 0.1) is 40.5 Å². The number of aliphatic hydroxyl groups excluding tert-OH is 1. The molecule has 8 nitrogen and oxygen atoms in total. The molecule has 156 valence electrons. The summed E-state index contributed by atoms with van der Waals surface area (Å²) in [5, 5.41) is 15.5. The van der Waals surface area contributed by atoms with Crippen molar-refractivity contribution < 1.29 is 5.11 Å². The first-order valence-electron chi connectivity index (χ1n) is 9.41. The summed E-state index contributed by atoms with van der Waals surface area (Å²) >= 11 is 8.97. The molecule has 1 aliphatic rings. The van der Waals surface area contributed by atoms with Gasteiger partial charge in [-0.05, 0) is 12.8 Å². The number of aromatic nitrogens is 5. The molecule has 1 atom stereocenters. The molecule has 0 radical (unpaired) electrons. The lowest BCUT2D eigenvalue weighted by molar-refractivity contribution is 0.278. The number of hydrogen-bond acceptors (Lipinski definition) is 7. The largest absolute Gasteiger partial charge is 0.390 e. The highest BCUT2D eigenvalue weighted by Crippen LogP contribution is 2.44. The number of aryl methyl sites for hydroxylation is 1. The summed E-state index contributed by atoms with van der Waals surface area (Å²) in [6.45, 7) is 0.541. The molecular formula is C19H18ClN5O3S2. The van der Waals surface area contributed by atoms with E-state index in [0.717, 1.165) is 28.1 Å². The molecule has 30 heavy (non-hydrogen) atoms. The van der Waals surface area contributed by atoms with Gasteiger partial charge in [0.15, 0.2) is 0 Å². The fourth-order valence-corrected chi connectivity index (χ4v) is 6.25. The SMILES string of the molecule is Cn1c(=O)c2c(-c3nc(CO)cs3)n3c(c2n(C)c1=O)[C@@H](c1nc(Cl)cs1)CCC3. The summed E-state index contributed by atoms with van der Waals surface area (Å²) in [6.07, 6.45) is 1.75. The lowest BCUT2D eigenvalue weighted by Crippen LogP contribution is -2.37. The van der Waals surface area contributed by atoms with Crippen LogP contribution in [0.3, 0.4) is 0 Å². The van der Waals surface area contributed by atoms with Gasteiger partial charge in [-0.15, -0.1) is 22.7 Å². The lowest BCUT2D eigenvalue weighted by atomic mass is 9.96. The highest BCUT2D eigenvalue weighted by molar-refractivity contribution is 7.13. The Morgan fingerprint density at radius 2 is 2.00 bits per heavy atom. The van der Waals surface area contributed by atoms with E-state index in [4.69, 9.17) is 11.6 Å². The van der Waals surface area contributed by atoms with Crippen molar-refractivity contribution in [2.24, 2.45) is 14.1 Å². The van der Waals surface area contributed by atoms with Crippen molar-refractivity contribution in [3.8, 4) is 10.7 Å². The average molecular weight is 464 g/mol. The fraction of sp³-hybridized carbons (Fsp3) is 0.368. The topological polar surface area (TPSA) is 94.9 Å². The van der Waals surface area contributed by atoms with E-state index in [0.29, 0.717) is 39.0 Å². The highest BCUT2D eigenvalue weighted by Gasteiger charge is 2.34. The molecule has 5 heterocycles. The zero-order valence-electron chi connectivity index (χ0n) is 16.3. The van der Waals surface area contributed by atoms with Crippen LogP contribution >= 0.6 is 34.3 Å². The van der Waals surface area contributed by atoms with Gasteiger partial charge in [0.25, 0.3) is 5.56 Å². The van der Waals surface area contributed by atoms with E-state index in [9.17, 15) is 14.7 Å². The molecule has 0 aromatic carbocycles. The molecule has 5 rings (SSSR count). The number of fused-ring (bicyclic) bond motifs is 3. The molecule has 1 aliphatic heterocycles. The quantitative estimate of drug-likeness (QED) is 0.504. The number of aliphatic hydroxyl groups is 1. The van der Waals surface area contributed by atoms with E-state index in [-0.39, 0.29) is 23.8 Å². The third-order valence-corrected chi connectivity index (χ3v) is 7.80. The molecule has 0 fully saturated rings. The third kappa shape index (κ3) is 2.74. The van der Waals surface area contributed by atoms with Crippen molar-refractivity contribution >= 4 is 45.2 Å². The molecule has 0 saturated heterocycles. The summed E-state index contributed by atoms with van der Waals surface area (Å²) in [5.41, 5.74) is 2.06. The van der Waals surface area contributed by atoms with Crippen LogP contribution in [0.2, 0.25) is 5.15 Å². The monoisotopic (exact) mass is 463 g/mol. The maximum Gasteiger partial charge on any atom is 0.331 e. The van der Waals surface area contributed by atoms with Gasteiger partial charge in [0.1, 0.15) is 15.2 Å². The minimum atomic E-state index is -0.371. The molecule has 0 amide bonds. The number of rotatable bonds is 3. The van der Waals surface area contributed by atoms with E-state index < -0.39 is 0 Å². The van der Waals surface area contributed by atoms with Crippen LogP contribution in [-0.2, 0) is 27.2 Å². The van der Waals surface area contributed by atoms with Crippen molar-refractivity contribution in [3.63, 3.8) is 0 Å². The van der Waals surface area contributed by atoms with Crippen LogP contribution in [0.5, 0.6) is 0 Å². The van der Waals surface area contributed by atoms with Gasteiger partial charge in [-0.3, -0.25) is 13.9 Å². The molecule has 4 aromatic heterocycles. The summed E-state index contributed by atoms with van der Waals surface area (Å²) in [7, 11) is 3.18. The molecule has 0 unspecified atom stereocenters. The standard InChI is InChI=1S/C19H18ClN5O3S2/c1-23-14-12(18(27)24(2)19(23)28)15(17-21-9(6-26)7-29-17)25-5-3-4-10(13(14)25)16-22-11(20)8-30-16/h7-8,10,26H,3-6H2,1-2H3/t10-/m0/s1. The van der Waals surface area contributed by atoms with E-state index in [1.165, 1.54) is 29.7 Å². The van der Waals surface area contributed by atoms with Crippen LogP contribution in [0.1, 0.15) is 35.2 Å². The number of halogens is 1. The second-order valence-corrected chi connectivity index (χ2v) is 9.46. The zero-order chi connectivity index (χ0) is 21.2. The molecule has 0 saturated carbocycles. The Bertz CT molecular complexity index is 1410. The summed E-state index contributed by atoms with van der Waals surface area (Å²) < 4.78 is 4.78. The van der Waals surface area contributed by atoms with E-state index in [1.54, 1.807) is 22.4 Å². The van der Waals surface area contributed by atoms with Crippen LogP contribution < -0.4 is 11.2 Å². The first-order valence-corrected chi connectivity index (χ1v) is 11.5. The van der Waals surface area contributed by atoms with Crippen molar-refractivity contribution in [1.29, 1.82) is 0 Å². The number of hydrogen-bond donors (Lipinski definition) is 1. The summed E-state index contributed by atoms with van der Waals surface area (Å²) in [5.74, 6) is -0.0671. The van der Waals surface area contributed by atoms with Crippen LogP contribution in [0.4, 0.5) is 0 Å². The molecule has 0 bridgehead atoms. The molecule has 1 N–H and O–H groups in total. The Morgan fingerprint density at radius 3 is 2.67 bits per heavy atom. The Morgan fingerprint density at radius 1 is 1.20 bits per heavy atom. The Labute approximate surface area is 183 Å². The predicted octanol–water partition coefficient (Wildman–Crippen LogP) is 2.69. The van der Waals surface area contributed by atoms with Gasteiger partial charge in [0, 0.05) is 31.4 Å². The number of nitrogens with zero attached hydrogens (tertiary/aromatic N) is 5. The maximum absolute atomic E-state index is 13.3. The van der Waals surface area contributed by atoms with Crippen molar-refractivity contribution in [3.05, 3.63) is 53.1 Å². The number of thiazole rings is 2. The predicted molar refractivity (Wildman–Crippen MR) is 118 cm³/mol. The van der Waals surface area contributed by atoms with Crippen LogP contribution in [0, 0.1) is 0 Å². The first-order chi connectivity index (χ1) is 14.4. The van der Waals surface area contributed by atoms with Crippen molar-refractivity contribution in [2.75, 3.05) is 0 Å². The van der Waals surface area contributed by atoms with Crippen molar-refractivity contribution in [1.82, 2.24) is 23.7 Å². The van der Waals surface area contributed by atoms with Gasteiger partial charge in [0.2, 0.25) is 0 Å². The smallest absolute Gasteiger partial charge is 0.331 e. The average Bonchev–Trinajstić information content (AvgIpc) is 3.46. The first kappa shape index (κ1) is 19.7. The van der Waals surface area contributed by atoms with Gasteiger partial charge >= 0.3 is 5.69 Å². The van der Waals surface area contributed by atoms with Gasteiger partial charge < -0.3 is 9.67 Å². The summed E-state index contributed by atoms with van der Waals surface area (Å²) in [6, 6.07) is 0. The minimum absolute atomic E-state index is 0.0671. The second-order valence-electron chi connectivity index (χ2n) is 7.32. The Balaban J connectivity index is 1.94. The normalized spacial score (nSPS) is 16.3. The van der Waals surface area contributed by atoms with Gasteiger partial charge in [-0.1, -0.05) is 11.6 Å². The molecule has 11 heteroatoms. The van der Waals surface area contributed by atoms with Gasteiger partial charge in [-0.25, -0.2) is 14.8 Å². The van der Waals surface area contributed by atoms with E-state index >= 15 is 0 Å². The summed E-state index contributed by atoms with van der Waals surface area (Å²) in [4.78, 5) is 35.1. The van der Waals surface area contributed by atoms with Crippen LogP contribution in [0.25, 0.3) is 21.6 Å². The van der Waals surface area contributed by atoms with Gasteiger partial charge in [-0.2, -0.15) is 0 Å². The molecule has 0 aliphatic carbocycles. The van der Waals surface area contributed by atoms with Crippen LogP contribution in [0.15, 0.2) is 20.3 Å². The zero-order valence-corrected chi connectivity index (χ0v) is 18.6. The molecule has 4 aromatic rings. The van der Waals surface area contributed by atoms with E-state index in [1.807, 2.05) is 0 Å². The lowest BCUT2D eigenvalue weighted by Gasteiger charge is -2.25. The minimum Gasteiger partial charge on any atom is -0.390 e. The Kier molecular flexibility index (Phi) is 4.69. The maximum atomic E-state index is 13.3. The Hall–Kier alpha value is -2.27. The molecular weight excluding hydrogens is 446 g/mol. The van der Waals surface area contributed by atoms with E-state index in [2.05, 4.69) is 14.5 Å². The highest BCUT2D eigenvalue weighted by atomic mass is 35.5. The van der Waals surface area contributed by atoms with Crippen LogP contribution in [-0.4, -0.2) is 28.8 Å². The molecule has 0 spiro atoms. The third-order valence-electron chi connectivity index (χ3n) is 5.62. The van der Waals surface area contributed by atoms with Crippen molar-refractivity contribution in [2.45, 2.75) is 31.9 Å². The fourth-order valence-electron chi connectivity index (χ4n) is 4.29. The second kappa shape index (κ2) is 7.16.